The minimum absolute atomic E-state index is 0.121. The number of hydrogen-bond acceptors (Lipinski definition) is 5. The molecule has 2 aromatic heterocycles. The molecule has 2 N–H and O–H groups in total. The van der Waals surface area contributed by atoms with Crippen molar-refractivity contribution in [2.75, 3.05) is 4.31 Å². The maximum Gasteiger partial charge on any atom is 0.317 e. The van der Waals surface area contributed by atoms with Gasteiger partial charge in [-0.1, -0.05) is 42.5 Å². The summed E-state index contributed by atoms with van der Waals surface area (Å²) < 4.78 is 31.7. The molecule has 0 bridgehead atoms. The Morgan fingerprint density at radius 1 is 1.00 bits per heavy atom. The Kier molecular flexibility index (Phi) is 5.35. The first-order chi connectivity index (χ1) is 14.4. The SMILES string of the molecule is Cc1ccc(Cc2ccccc2)cc1N(c1ncc(-c2ccncc2)o1)S(N)(=O)=O. The van der Waals surface area contributed by atoms with E-state index in [9.17, 15) is 8.42 Å². The number of anilines is 2. The smallest absolute Gasteiger partial charge is 0.317 e. The van der Waals surface area contributed by atoms with Gasteiger partial charge in [0.1, 0.15) is 0 Å². The second kappa shape index (κ2) is 8.10. The molecular formula is C22H20N4O3S. The maximum absolute atomic E-state index is 12.5. The fourth-order valence-corrected chi connectivity index (χ4v) is 3.95. The van der Waals surface area contributed by atoms with Gasteiger partial charge in [0.2, 0.25) is 0 Å². The van der Waals surface area contributed by atoms with Gasteiger partial charge in [-0.25, -0.2) is 10.1 Å². The lowest BCUT2D eigenvalue weighted by Gasteiger charge is -2.20. The Bertz CT molecular complexity index is 1260. The van der Waals surface area contributed by atoms with E-state index in [4.69, 9.17) is 9.56 Å². The van der Waals surface area contributed by atoms with Gasteiger partial charge >= 0.3 is 16.2 Å². The highest BCUT2D eigenvalue weighted by molar-refractivity contribution is 7.90. The van der Waals surface area contributed by atoms with Crippen molar-refractivity contribution in [1.82, 2.24) is 9.97 Å². The molecule has 0 amide bonds. The van der Waals surface area contributed by atoms with Crippen LogP contribution in [0.5, 0.6) is 0 Å². The molecule has 4 rings (SSSR count). The van der Waals surface area contributed by atoms with Crippen LogP contribution in [0.1, 0.15) is 16.7 Å². The van der Waals surface area contributed by atoms with Crippen molar-refractivity contribution < 1.29 is 12.8 Å². The number of nitrogens with two attached hydrogens (primary N) is 1. The predicted molar refractivity (Wildman–Crippen MR) is 115 cm³/mol. The minimum atomic E-state index is -4.19. The number of benzene rings is 2. The standard InChI is InChI=1S/C22H20N4O3S/c1-16-7-8-18(13-17-5-3-2-4-6-17)14-20(16)26(30(23,27)28)22-25-15-21(29-22)19-9-11-24-12-10-19/h2-12,14-15H,13H2,1H3,(H2,23,27,28). The van der Waals surface area contributed by atoms with Gasteiger partial charge in [0.05, 0.1) is 11.9 Å². The van der Waals surface area contributed by atoms with Crippen LogP contribution in [0.4, 0.5) is 11.7 Å². The molecule has 0 unspecified atom stereocenters. The molecule has 0 spiro atoms. The average Bonchev–Trinajstić information content (AvgIpc) is 3.20. The number of aromatic nitrogens is 2. The monoisotopic (exact) mass is 420 g/mol. The van der Waals surface area contributed by atoms with Crippen LogP contribution in [0, 0.1) is 6.92 Å². The van der Waals surface area contributed by atoms with Crippen LogP contribution in [0.2, 0.25) is 0 Å². The van der Waals surface area contributed by atoms with E-state index in [1.165, 1.54) is 6.20 Å². The molecule has 4 aromatic rings. The van der Waals surface area contributed by atoms with E-state index in [-0.39, 0.29) is 6.01 Å². The van der Waals surface area contributed by atoms with Crippen molar-refractivity contribution in [3.05, 3.63) is 95.9 Å². The average molecular weight is 420 g/mol. The molecule has 0 saturated heterocycles. The lowest BCUT2D eigenvalue weighted by molar-refractivity contribution is 0.566. The Morgan fingerprint density at radius 3 is 2.43 bits per heavy atom. The van der Waals surface area contributed by atoms with Gasteiger partial charge in [-0.05, 0) is 48.2 Å². The summed E-state index contributed by atoms with van der Waals surface area (Å²) in [6, 6.07) is 18.9. The summed E-state index contributed by atoms with van der Waals surface area (Å²) in [6.07, 6.45) is 5.35. The van der Waals surface area contributed by atoms with Crippen LogP contribution in [0.25, 0.3) is 11.3 Å². The van der Waals surface area contributed by atoms with E-state index >= 15 is 0 Å². The van der Waals surface area contributed by atoms with Crippen molar-refractivity contribution >= 4 is 21.9 Å². The zero-order valence-electron chi connectivity index (χ0n) is 16.3. The highest BCUT2D eigenvalue weighted by Crippen LogP contribution is 2.33. The lowest BCUT2D eigenvalue weighted by atomic mass is 10.0. The summed E-state index contributed by atoms with van der Waals surface area (Å²) in [4.78, 5) is 8.14. The quantitative estimate of drug-likeness (QED) is 0.508. The fraction of sp³-hybridized carbons (Fsp3) is 0.0909. The van der Waals surface area contributed by atoms with E-state index in [2.05, 4.69) is 9.97 Å². The van der Waals surface area contributed by atoms with E-state index in [1.54, 1.807) is 30.6 Å². The minimum Gasteiger partial charge on any atom is -0.422 e. The Labute approximate surface area is 175 Å². The predicted octanol–water partition coefficient (Wildman–Crippen LogP) is 3.98. The van der Waals surface area contributed by atoms with Gasteiger partial charge in [0, 0.05) is 18.0 Å². The normalized spacial score (nSPS) is 11.4. The first-order valence-electron chi connectivity index (χ1n) is 9.24. The molecule has 7 nitrogen and oxygen atoms in total. The molecule has 0 fully saturated rings. The van der Waals surface area contributed by atoms with Gasteiger partial charge in [-0.2, -0.15) is 12.7 Å². The van der Waals surface area contributed by atoms with Crippen molar-refractivity contribution in [1.29, 1.82) is 0 Å². The number of nitrogens with zero attached hydrogens (tertiary/aromatic N) is 3. The first kappa shape index (κ1) is 19.8. The van der Waals surface area contributed by atoms with Crippen LogP contribution in [-0.2, 0) is 16.6 Å². The Balaban J connectivity index is 1.75. The number of oxazole rings is 1. The van der Waals surface area contributed by atoms with Crippen molar-refractivity contribution in [3.8, 4) is 11.3 Å². The number of rotatable bonds is 6. The van der Waals surface area contributed by atoms with Crippen molar-refractivity contribution in [2.45, 2.75) is 13.3 Å². The fourth-order valence-electron chi connectivity index (χ4n) is 3.17. The molecule has 0 saturated carbocycles. The Morgan fingerprint density at radius 2 is 1.73 bits per heavy atom. The van der Waals surface area contributed by atoms with Crippen LogP contribution < -0.4 is 9.44 Å². The highest BCUT2D eigenvalue weighted by Gasteiger charge is 2.27. The molecule has 0 aliphatic heterocycles. The molecule has 152 valence electrons. The zero-order chi connectivity index (χ0) is 21.1. The van der Waals surface area contributed by atoms with Gasteiger partial charge < -0.3 is 4.42 Å². The molecule has 30 heavy (non-hydrogen) atoms. The van der Waals surface area contributed by atoms with E-state index in [1.807, 2.05) is 49.4 Å². The summed E-state index contributed by atoms with van der Waals surface area (Å²) in [5.74, 6) is 0.416. The van der Waals surface area contributed by atoms with Crippen LogP contribution in [0.15, 0.2) is 83.7 Å². The summed E-state index contributed by atoms with van der Waals surface area (Å²) in [6.45, 7) is 1.81. The number of hydrogen-bond donors (Lipinski definition) is 1. The second-order valence-corrected chi connectivity index (χ2v) is 8.23. The summed E-state index contributed by atoms with van der Waals surface area (Å²) in [7, 11) is -4.19. The lowest BCUT2D eigenvalue weighted by Crippen LogP contribution is -2.33. The number of aryl methyl sites for hydroxylation is 1. The second-order valence-electron chi connectivity index (χ2n) is 6.84. The van der Waals surface area contributed by atoms with Crippen molar-refractivity contribution in [2.24, 2.45) is 5.14 Å². The molecule has 0 aliphatic rings. The molecule has 2 heterocycles. The summed E-state index contributed by atoms with van der Waals surface area (Å²) >= 11 is 0. The van der Waals surface area contributed by atoms with Gasteiger partial charge in [0.25, 0.3) is 0 Å². The molecule has 2 aromatic carbocycles. The summed E-state index contributed by atoms with van der Waals surface area (Å²) in [5.41, 5.74) is 3.91. The van der Waals surface area contributed by atoms with Crippen LogP contribution in [0.3, 0.4) is 0 Å². The van der Waals surface area contributed by atoms with Gasteiger partial charge in [-0.3, -0.25) is 4.98 Å². The third kappa shape index (κ3) is 4.24. The molecule has 0 atom stereocenters. The van der Waals surface area contributed by atoms with Crippen LogP contribution in [-0.4, -0.2) is 18.4 Å². The summed E-state index contributed by atoms with van der Waals surface area (Å²) in [5, 5.41) is 5.55. The largest absolute Gasteiger partial charge is 0.422 e. The van der Waals surface area contributed by atoms with Crippen LogP contribution >= 0.6 is 0 Å². The third-order valence-electron chi connectivity index (χ3n) is 4.63. The third-order valence-corrected chi connectivity index (χ3v) is 5.49. The topological polar surface area (TPSA) is 102 Å². The first-order valence-corrected chi connectivity index (χ1v) is 10.7. The van der Waals surface area contributed by atoms with Gasteiger partial charge in [-0.15, -0.1) is 0 Å². The highest BCUT2D eigenvalue weighted by atomic mass is 32.2. The number of pyridine rings is 1. The zero-order valence-corrected chi connectivity index (χ0v) is 17.1. The van der Waals surface area contributed by atoms with E-state index < -0.39 is 10.2 Å². The molecular weight excluding hydrogens is 400 g/mol. The maximum atomic E-state index is 12.5. The molecule has 0 aliphatic carbocycles. The van der Waals surface area contributed by atoms with E-state index in [0.29, 0.717) is 17.9 Å². The molecule has 0 radical (unpaired) electrons. The van der Waals surface area contributed by atoms with Crippen molar-refractivity contribution in [3.63, 3.8) is 0 Å². The van der Waals surface area contributed by atoms with E-state index in [0.717, 1.165) is 26.6 Å². The Hall–Kier alpha value is -3.49. The molecule has 8 heteroatoms. The van der Waals surface area contributed by atoms with Gasteiger partial charge in [0.15, 0.2) is 5.76 Å².